The van der Waals surface area contributed by atoms with E-state index in [1.807, 2.05) is 44.2 Å². The van der Waals surface area contributed by atoms with E-state index in [0.717, 1.165) is 5.56 Å². The standard InChI is InChI=1S/C17H23N5O3/c1-11(2)14(16(23)21(4)10-12(3)17(24)25)22-19-15(18-20-22)13-8-6-5-7-9-13/h5-9,11-12,14H,10H2,1-4H3,(H,24,25). The highest BCUT2D eigenvalue weighted by molar-refractivity contribution is 5.81. The van der Waals surface area contributed by atoms with E-state index in [4.69, 9.17) is 5.11 Å². The van der Waals surface area contributed by atoms with Gasteiger partial charge in [0.05, 0.1) is 5.92 Å². The number of carboxylic acid groups (broad SMARTS) is 1. The molecule has 2 atom stereocenters. The Bertz CT molecular complexity index is 729. The molecule has 0 radical (unpaired) electrons. The molecule has 8 nitrogen and oxygen atoms in total. The van der Waals surface area contributed by atoms with Crippen molar-refractivity contribution in [2.24, 2.45) is 11.8 Å². The van der Waals surface area contributed by atoms with Gasteiger partial charge in [0, 0.05) is 19.2 Å². The summed E-state index contributed by atoms with van der Waals surface area (Å²) in [6.45, 7) is 5.47. The lowest BCUT2D eigenvalue weighted by atomic mass is 10.0. The van der Waals surface area contributed by atoms with Crippen LogP contribution in [0.2, 0.25) is 0 Å². The van der Waals surface area contributed by atoms with Crippen molar-refractivity contribution >= 4 is 11.9 Å². The molecule has 1 amide bonds. The maximum absolute atomic E-state index is 12.8. The van der Waals surface area contributed by atoms with Crippen LogP contribution in [0.15, 0.2) is 30.3 Å². The highest BCUT2D eigenvalue weighted by Crippen LogP contribution is 2.21. The van der Waals surface area contributed by atoms with Crippen LogP contribution >= 0.6 is 0 Å². The molecule has 0 bridgehead atoms. The summed E-state index contributed by atoms with van der Waals surface area (Å²) in [5, 5.41) is 21.5. The molecule has 0 spiro atoms. The fourth-order valence-electron chi connectivity index (χ4n) is 2.50. The third-order valence-corrected chi connectivity index (χ3v) is 3.94. The lowest BCUT2D eigenvalue weighted by Gasteiger charge is -2.26. The fraction of sp³-hybridized carbons (Fsp3) is 0.471. The molecule has 0 aliphatic carbocycles. The maximum atomic E-state index is 12.8. The number of carbonyl (C=O) groups excluding carboxylic acids is 1. The van der Waals surface area contributed by atoms with E-state index in [9.17, 15) is 9.59 Å². The van der Waals surface area contributed by atoms with Gasteiger partial charge in [0.2, 0.25) is 11.7 Å². The largest absolute Gasteiger partial charge is 0.481 e. The molecule has 0 fully saturated rings. The zero-order valence-electron chi connectivity index (χ0n) is 14.8. The van der Waals surface area contributed by atoms with Gasteiger partial charge in [-0.25, -0.2) is 0 Å². The summed E-state index contributed by atoms with van der Waals surface area (Å²) in [5.41, 5.74) is 0.816. The maximum Gasteiger partial charge on any atom is 0.308 e. The minimum atomic E-state index is -0.939. The number of hydrogen-bond donors (Lipinski definition) is 1. The van der Waals surface area contributed by atoms with Crippen molar-refractivity contribution < 1.29 is 14.7 Å². The Morgan fingerprint density at radius 2 is 1.84 bits per heavy atom. The molecular weight excluding hydrogens is 322 g/mol. The van der Waals surface area contributed by atoms with Gasteiger partial charge in [-0.15, -0.1) is 10.2 Å². The Hall–Kier alpha value is -2.77. The van der Waals surface area contributed by atoms with Gasteiger partial charge in [-0.2, -0.15) is 4.80 Å². The number of aliphatic carboxylic acids is 1. The first-order valence-corrected chi connectivity index (χ1v) is 8.14. The molecule has 1 aromatic carbocycles. The highest BCUT2D eigenvalue weighted by Gasteiger charge is 2.31. The Morgan fingerprint density at radius 3 is 2.40 bits per heavy atom. The average Bonchev–Trinajstić information content (AvgIpc) is 3.04. The summed E-state index contributed by atoms with van der Waals surface area (Å²) in [6.07, 6.45) is 0. The number of hydrogen-bond acceptors (Lipinski definition) is 5. The Kier molecular flexibility index (Phi) is 5.84. The van der Waals surface area contributed by atoms with E-state index in [1.54, 1.807) is 14.0 Å². The van der Waals surface area contributed by atoms with E-state index >= 15 is 0 Å². The molecule has 0 aliphatic rings. The molecule has 2 unspecified atom stereocenters. The highest BCUT2D eigenvalue weighted by atomic mass is 16.4. The minimum absolute atomic E-state index is 0.0760. The van der Waals surface area contributed by atoms with E-state index in [2.05, 4.69) is 15.4 Å². The molecule has 0 saturated heterocycles. The second kappa shape index (κ2) is 7.87. The van der Waals surface area contributed by atoms with Crippen LogP contribution in [-0.2, 0) is 9.59 Å². The third kappa shape index (κ3) is 4.40. The molecular formula is C17H23N5O3. The second-order valence-corrected chi connectivity index (χ2v) is 6.45. The molecule has 134 valence electrons. The number of carbonyl (C=O) groups is 2. The predicted octanol–water partition coefficient (Wildman–Crippen LogP) is 1.72. The summed E-state index contributed by atoms with van der Waals surface area (Å²) in [6, 6.07) is 8.75. The lowest BCUT2D eigenvalue weighted by molar-refractivity contribution is -0.143. The first-order valence-electron chi connectivity index (χ1n) is 8.14. The molecule has 1 heterocycles. The van der Waals surface area contributed by atoms with Crippen LogP contribution in [-0.4, -0.2) is 55.7 Å². The average molecular weight is 345 g/mol. The van der Waals surface area contributed by atoms with E-state index in [0.29, 0.717) is 5.82 Å². The quantitative estimate of drug-likeness (QED) is 0.820. The van der Waals surface area contributed by atoms with Gasteiger partial charge in [-0.1, -0.05) is 51.1 Å². The van der Waals surface area contributed by atoms with Crippen LogP contribution < -0.4 is 0 Å². The van der Waals surface area contributed by atoms with Gasteiger partial charge in [-0.05, 0) is 11.1 Å². The van der Waals surface area contributed by atoms with E-state index in [1.165, 1.54) is 9.70 Å². The number of nitrogens with zero attached hydrogens (tertiary/aromatic N) is 5. The Balaban J connectivity index is 2.22. The summed E-state index contributed by atoms with van der Waals surface area (Å²) < 4.78 is 0. The molecule has 2 rings (SSSR count). The van der Waals surface area contributed by atoms with E-state index in [-0.39, 0.29) is 18.4 Å². The topological polar surface area (TPSA) is 101 Å². The van der Waals surface area contributed by atoms with Gasteiger partial charge < -0.3 is 10.0 Å². The summed E-state index contributed by atoms with van der Waals surface area (Å²) in [7, 11) is 1.59. The van der Waals surface area contributed by atoms with Gasteiger partial charge in [-0.3, -0.25) is 9.59 Å². The fourth-order valence-corrected chi connectivity index (χ4v) is 2.50. The first kappa shape index (κ1) is 18.6. The van der Waals surface area contributed by atoms with Crippen molar-refractivity contribution in [2.45, 2.75) is 26.8 Å². The molecule has 0 aliphatic heterocycles. The number of carboxylic acids is 1. The summed E-state index contributed by atoms with van der Waals surface area (Å²) >= 11 is 0. The number of benzene rings is 1. The molecule has 1 aromatic heterocycles. The Morgan fingerprint density at radius 1 is 1.20 bits per heavy atom. The van der Waals surface area contributed by atoms with Crippen LogP contribution in [0.25, 0.3) is 11.4 Å². The van der Waals surface area contributed by atoms with Crippen molar-refractivity contribution in [3.05, 3.63) is 30.3 Å². The van der Waals surface area contributed by atoms with Crippen LogP contribution in [0.5, 0.6) is 0 Å². The molecule has 8 heteroatoms. The smallest absolute Gasteiger partial charge is 0.308 e. The van der Waals surface area contributed by atoms with E-state index < -0.39 is 17.9 Å². The van der Waals surface area contributed by atoms with Gasteiger partial charge in [0.25, 0.3) is 0 Å². The zero-order valence-corrected chi connectivity index (χ0v) is 14.8. The SMILES string of the molecule is CC(CN(C)C(=O)C(C(C)C)n1nnc(-c2ccccc2)n1)C(=O)O. The van der Waals surface area contributed by atoms with Crippen molar-refractivity contribution in [1.29, 1.82) is 0 Å². The monoisotopic (exact) mass is 345 g/mol. The van der Waals surface area contributed by atoms with Gasteiger partial charge in [0.15, 0.2) is 6.04 Å². The summed E-state index contributed by atoms with van der Waals surface area (Å²) in [4.78, 5) is 26.5. The minimum Gasteiger partial charge on any atom is -0.481 e. The van der Waals surface area contributed by atoms with Crippen molar-refractivity contribution in [3.63, 3.8) is 0 Å². The molecule has 0 saturated carbocycles. The lowest BCUT2D eigenvalue weighted by Crippen LogP contribution is -2.41. The van der Waals surface area contributed by atoms with Crippen LogP contribution in [0.1, 0.15) is 26.8 Å². The predicted molar refractivity (Wildman–Crippen MR) is 91.6 cm³/mol. The van der Waals surface area contributed by atoms with Gasteiger partial charge >= 0.3 is 5.97 Å². The third-order valence-electron chi connectivity index (χ3n) is 3.94. The molecule has 25 heavy (non-hydrogen) atoms. The number of likely N-dealkylation sites (N-methyl/N-ethyl adjacent to an activating group) is 1. The number of rotatable bonds is 7. The number of amides is 1. The van der Waals surface area contributed by atoms with Crippen LogP contribution in [0, 0.1) is 11.8 Å². The molecule has 2 aromatic rings. The van der Waals surface area contributed by atoms with Crippen LogP contribution in [0.4, 0.5) is 0 Å². The Labute approximate surface area is 146 Å². The number of tetrazole rings is 1. The normalized spacial score (nSPS) is 13.5. The second-order valence-electron chi connectivity index (χ2n) is 6.45. The zero-order chi connectivity index (χ0) is 18.6. The van der Waals surface area contributed by atoms with Crippen molar-refractivity contribution in [1.82, 2.24) is 25.1 Å². The first-order chi connectivity index (χ1) is 11.8. The van der Waals surface area contributed by atoms with Gasteiger partial charge in [0.1, 0.15) is 0 Å². The number of aromatic nitrogens is 4. The summed E-state index contributed by atoms with van der Waals surface area (Å²) in [5.74, 6) is -1.45. The van der Waals surface area contributed by atoms with Crippen molar-refractivity contribution in [3.8, 4) is 11.4 Å². The van der Waals surface area contributed by atoms with Crippen LogP contribution in [0.3, 0.4) is 0 Å². The van der Waals surface area contributed by atoms with Crippen molar-refractivity contribution in [2.75, 3.05) is 13.6 Å². The molecule has 1 N–H and O–H groups in total.